The molecule has 0 unspecified atom stereocenters. The summed E-state index contributed by atoms with van der Waals surface area (Å²) in [5.74, 6) is 1.09. The van der Waals surface area contributed by atoms with Gasteiger partial charge in [-0.25, -0.2) is 4.98 Å². The average molecular weight is 473 g/mol. The topological polar surface area (TPSA) is 54.1 Å². The second-order valence-electron chi connectivity index (χ2n) is 8.37. The Morgan fingerprint density at radius 3 is 2.38 bits per heavy atom. The lowest BCUT2D eigenvalue weighted by Crippen LogP contribution is -2.14. The van der Waals surface area contributed by atoms with Crippen LogP contribution in [0.3, 0.4) is 0 Å². The van der Waals surface area contributed by atoms with E-state index in [0.29, 0.717) is 36.2 Å². The molecule has 0 atom stereocenters. The largest absolute Gasteiger partial charge is 0.494 e. The smallest absolute Gasteiger partial charge is 0.418 e. The van der Waals surface area contributed by atoms with Crippen molar-refractivity contribution >= 4 is 11.0 Å². The van der Waals surface area contributed by atoms with Crippen molar-refractivity contribution in [3.05, 3.63) is 65.5 Å². The zero-order chi connectivity index (χ0) is 24.5. The molecule has 0 N–H and O–H groups in total. The van der Waals surface area contributed by atoms with Crippen LogP contribution in [0, 0.1) is 0 Å². The fourth-order valence-corrected chi connectivity index (χ4v) is 4.13. The van der Waals surface area contributed by atoms with Gasteiger partial charge < -0.3 is 14.0 Å². The highest BCUT2D eigenvalue weighted by Gasteiger charge is 2.39. The molecule has 0 radical (unpaired) electrons. The van der Waals surface area contributed by atoms with E-state index in [1.54, 1.807) is 23.9 Å². The molecular weight excluding hydrogens is 445 g/mol. The lowest BCUT2D eigenvalue weighted by Gasteiger charge is -2.17. The molecule has 0 saturated heterocycles. The number of hydrogen-bond acceptors (Lipinski definition) is 4. The maximum atomic E-state index is 14.4. The van der Waals surface area contributed by atoms with Crippen LogP contribution in [0.25, 0.3) is 22.4 Å². The summed E-state index contributed by atoms with van der Waals surface area (Å²) < 4.78 is 57.3. The minimum atomic E-state index is -4.62. The standard InChI is InChI=1S/C25H27F3N4O2/c1-16(2)17-6-8-18(9-7-17)24-30-22-21(25(26,27)28)19(15-31-11-5-10-29-31)14-20(34-4)23(22)32(24)12-13-33-3/h5-11,14,16H,12-13,15H2,1-4H3. The molecular formula is C25H27F3N4O2. The number of fused-ring (bicyclic) bond motifs is 1. The third-order valence-electron chi connectivity index (χ3n) is 5.81. The van der Waals surface area contributed by atoms with Crippen LogP contribution in [0.2, 0.25) is 0 Å². The zero-order valence-electron chi connectivity index (χ0n) is 19.6. The molecule has 34 heavy (non-hydrogen) atoms. The zero-order valence-corrected chi connectivity index (χ0v) is 19.6. The Bertz CT molecular complexity index is 1260. The number of nitrogens with zero attached hydrogens (tertiary/aromatic N) is 4. The van der Waals surface area contributed by atoms with E-state index in [1.165, 1.54) is 24.1 Å². The molecule has 2 aromatic heterocycles. The number of halogens is 3. The predicted molar refractivity (Wildman–Crippen MR) is 124 cm³/mol. The molecule has 0 fully saturated rings. The minimum absolute atomic E-state index is 0.0404. The first-order valence-electron chi connectivity index (χ1n) is 11.0. The third kappa shape index (κ3) is 4.52. The van der Waals surface area contributed by atoms with Crippen molar-refractivity contribution in [3.8, 4) is 17.1 Å². The van der Waals surface area contributed by atoms with Gasteiger partial charge in [0.1, 0.15) is 22.6 Å². The van der Waals surface area contributed by atoms with Crippen LogP contribution in [0.1, 0.15) is 36.5 Å². The average Bonchev–Trinajstić information content (AvgIpc) is 3.44. The van der Waals surface area contributed by atoms with Crippen molar-refractivity contribution in [1.29, 1.82) is 0 Å². The number of aromatic nitrogens is 4. The van der Waals surface area contributed by atoms with Crippen molar-refractivity contribution in [2.75, 3.05) is 20.8 Å². The summed E-state index contributed by atoms with van der Waals surface area (Å²) in [7, 11) is 3.00. The molecule has 6 nitrogen and oxygen atoms in total. The number of benzene rings is 2. The minimum Gasteiger partial charge on any atom is -0.494 e. The van der Waals surface area contributed by atoms with Gasteiger partial charge in [-0.3, -0.25) is 4.68 Å². The van der Waals surface area contributed by atoms with Gasteiger partial charge in [0.15, 0.2) is 0 Å². The van der Waals surface area contributed by atoms with Crippen LogP contribution in [0.15, 0.2) is 48.8 Å². The fraction of sp³-hybridized carbons (Fsp3) is 0.360. The van der Waals surface area contributed by atoms with Crippen LogP contribution in [0.4, 0.5) is 13.2 Å². The summed E-state index contributed by atoms with van der Waals surface area (Å²) in [6.07, 6.45) is -1.47. The summed E-state index contributed by atoms with van der Waals surface area (Å²) in [6.45, 7) is 4.74. The molecule has 0 amide bonds. The summed E-state index contributed by atoms with van der Waals surface area (Å²) in [6, 6.07) is 10.8. The van der Waals surface area contributed by atoms with E-state index in [4.69, 9.17) is 9.47 Å². The number of imidazole rings is 1. The number of ether oxygens (including phenoxy) is 2. The second kappa shape index (κ2) is 9.50. The Morgan fingerprint density at radius 2 is 1.82 bits per heavy atom. The molecule has 180 valence electrons. The molecule has 2 aromatic carbocycles. The van der Waals surface area contributed by atoms with Crippen molar-refractivity contribution < 1.29 is 22.6 Å². The molecule has 4 aromatic rings. The summed E-state index contributed by atoms with van der Waals surface area (Å²) in [5.41, 5.74) is 1.26. The van der Waals surface area contributed by atoms with Crippen LogP contribution in [0.5, 0.6) is 5.75 Å². The van der Waals surface area contributed by atoms with E-state index in [-0.39, 0.29) is 17.6 Å². The Balaban J connectivity index is 2.01. The van der Waals surface area contributed by atoms with Gasteiger partial charge in [-0.15, -0.1) is 0 Å². The van der Waals surface area contributed by atoms with Gasteiger partial charge in [0.2, 0.25) is 0 Å². The lowest BCUT2D eigenvalue weighted by atomic mass is 10.0. The fourth-order valence-electron chi connectivity index (χ4n) is 4.13. The predicted octanol–water partition coefficient (Wildman–Crippen LogP) is 5.75. The molecule has 4 rings (SSSR count). The molecule has 0 spiro atoms. The molecule has 0 aliphatic carbocycles. The number of methoxy groups -OCH3 is 2. The van der Waals surface area contributed by atoms with Gasteiger partial charge in [0.25, 0.3) is 0 Å². The van der Waals surface area contributed by atoms with Gasteiger partial charge in [0.05, 0.1) is 25.8 Å². The van der Waals surface area contributed by atoms with Crippen LogP contribution in [-0.2, 0) is 24.0 Å². The van der Waals surface area contributed by atoms with Gasteiger partial charge in [-0.1, -0.05) is 38.1 Å². The first kappa shape index (κ1) is 23.8. The van der Waals surface area contributed by atoms with Crippen molar-refractivity contribution in [1.82, 2.24) is 19.3 Å². The normalized spacial score (nSPS) is 12.1. The summed E-state index contributed by atoms with van der Waals surface area (Å²) >= 11 is 0. The van der Waals surface area contributed by atoms with Gasteiger partial charge >= 0.3 is 6.18 Å². The monoisotopic (exact) mass is 472 g/mol. The SMILES string of the molecule is COCCn1c(-c2ccc(C(C)C)cc2)nc2c(C(F)(F)F)c(Cn3cccn3)cc(OC)c21. The van der Waals surface area contributed by atoms with Gasteiger partial charge in [-0.05, 0) is 29.2 Å². The van der Waals surface area contributed by atoms with E-state index in [9.17, 15) is 13.2 Å². The lowest BCUT2D eigenvalue weighted by molar-refractivity contribution is -0.137. The number of rotatable bonds is 8. The van der Waals surface area contributed by atoms with Crippen molar-refractivity contribution in [2.24, 2.45) is 0 Å². The Labute approximate surface area is 195 Å². The van der Waals surface area contributed by atoms with Crippen molar-refractivity contribution in [2.45, 2.75) is 39.0 Å². The number of hydrogen-bond donors (Lipinski definition) is 0. The highest BCUT2D eigenvalue weighted by molar-refractivity contribution is 5.90. The first-order valence-corrected chi connectivity index (χ1v) is 11.0. The molecule has 9 heteroatoms. The summed E-state index contributed by atoms with van der Waals surface area (Å²) in [4.78, 5) is 4.55. The maximum Gasteiger partial charge on any atom is 0.418 e. The quantitative estimate of drug-likeness (QED) is 0.328. The first-order chi connectivity index (χ1) is 16.2. The molecule has 0 bridgehead atoms. The second-order valence-corrected chi connectivity index (χ2v) is 8.37. The number of alkyl halides is 3. The molecule has 2 heterocycles. The Kier molecular flexibility index (Phi) is 6.65. The highest BCUT2D eigenvalue weighted by Crippen LogP contribution is 2.43. The molecule has 0 aliphatic rings. The van der Waals surface area contributed by atoms with Gasteiger partial charge in [-0.2, -0.15) is 18.3 Å². The maximum absolute atomic E-state index is 14.4. The molecule has 0 aliphatic heterocycles. The van der Waals surface area contributed by atoms with Crippen LogP contribution in [-0.4, -0.2) is 40.2 Å². The third-order valence-corrected chi connectivity index (χ3v) is 5.81. The van der Waals surface area contributed by atoms with E-state index < -0.39 is 11.7 Å². The van der Waals surface area contributed by atoms with Gasteiger partial charge in [0, 0.05) is 31.6 Å². The van der Waals surface area contributed by atoms with E-state index in [2.05, 4.69) is 23.9 Å². The highest BCUT2D eigenvalue weighted by atomic mass is 19.4. The van der Waals surface area contributed by atoms with Crippen LogP contribution < -0.4 is 4.74 Å². The van der Waals surface area contributed by atoms with E-state index >= 15 is 0 Å². The van der Waals surface area contributed by atoms with E-state index in [0.717, 1.165) is 11.1 Å². The Morgan fingerprint density at radius 1 is 1.09 bits per heavy atom. The Hall–Kier alpha value is -3.33. The van der Waals surface area contributed by atoms with Crippen LogP contribution >= 0.6 is 0 Å². The van der Waals surface area contributed by atoms with E-state index in [1.807, 2.05) is 24.3 Å². The molecule has 0 saturated carbocycles. The summed E-state index contributed by atoms with van der Waals surface area (Å²) in [5, 5.41) is 4.07. The van der Waals surface area contributed by atoms with Crippen molar-refractivity contribution in [3.63, 3.8) is 0 Å².